The summed E-state index contributed by atoms with van der Waals surface area (Å²) in [5.41, 5.74) is 2.12. The summed E-state index contributed by atoms with van der Waals surface area (Å²) in [6, 6.07) is 16.0. The second-order valence-corrected chi connectivity index (χ2v) is 8.24. The highest BCUT2D eigenvalue weighted by Crippen LogP contribution is 2.29. The van der Waals surface area contributed by atoms with Crippen LogP contribution in [0.15, 0.2) is 54.6 Å². The Balaban J connectivity index is 1.75. The Hall–Kier alpha value is -3.42. The predicted octanol–water partition coefficient (Wildman–Crippen LogP) is 5.55. The molecule has 0 atom stereocenters. The maximum Gasteiger partial charge on any atom is 0.407 e. The zero-order chi connectivity index (χ0) is 23.3. The normalized spacial score (nSPS) is 11.5. The number of rotatable bonds is 7. The lowest BCUT2D eigenvalue weighted by Gasteiger charge is -2.19. The number of methoxy groups -OCH3 is 1. The molecule has 0 bridgehead atoms. The van der Waals surface area contributed by atoms with Crippen LogP contribution in [0.3, 0.4) is 0 Å². The maximum atomic E-state index is 13.3. The van der Waals surface area contributed by atoms with E-state index < -0.39 is 18.1 Å². The molecule has 0 spiro atoms. The molecule has 0 aliphatic heterocycles. The molecule has 1 heterocycles. The monoisotopic (exact) mass is 443 g/mol. The molecular formula is C24H27F2N3O3. The van der Waals surface area contributed by atoms with Crippen molar-refractivity contribution in [2.75, 3.05) is 13.7 Å². The number of alkyl halides is 2. The van der Waals surface area contributed by atoms with Crippen molar-refractivity contribution in [1.29, 1.82) is 0 Å². The van der Waals surface area contributed by atoms with Crippen LogP contribution in [0.25, 0.3) is 16.9 Å². The van der Waals surface area contributed by atoms with Gasteiger partial charge in [-0.2, -0.15) is 5.10 Å². The zero-order valence-electron chi connectivity index (χ0n) is 18.6. The van der Waals surface area contributed by atoms with Gasteiger partial charge in [0.1, 0.15) is 17.0 Å². The Morgan fingerprint density at radius 1 is 1.09 bits per heavy atom. The van der Waals surface area contributed by atoms with Crippen molar-refractivity contribution in [2.45, 2.75) is 39.2 Å². The van der Waals surface area contributed by atoms with Crippen molar-refractivity contribution in [3.8, 4) is 22.7 Å². The lowest BCUT2D eigenvalue weighted by Crippen LogP contribution is -2.33. The number of carbonyl (C=O) groups is 1. The molecule has 0 aliphatic carbocycles. The summed E-state index contributed by atoms with van der Waals surface area (Å²) in [5.74, 6) is 0.667. The smallest absolute Gasteiger partial charge is 0.407 e. The molecule has 170 valence electrons. The summed E-state index contributed by atoms with van der Waals surface area (Å²) in [7, 11) is 1.56. The molecule has 1 amide bonds. The third-order valence-electron chi connectivity index (χ3n) is 4.60. The molecule has 32 heavy (non-hydrogen) atoms. The number of alkyl carbamates (subject to hydrolysis) is 1. The first-order valence-corrected chi connectivity index (χ1v) is 10.2. The van der Waals surface area contributed by atoms with Gasteiger partial charge in [0, 0.05) is 12.1 Å². The summed E-state index contributed by atoms with van der Waals surface area (Å²) >= 11 is 0. The number of amides is 1. The fourth-order valence-electron chi connectivity index (χ4n) is 3.10. The van der Waals surface area contributed by atoms with Gasteiger partial charge in [-0.3, -0.25) is 0 Å². The van der Waals surface area contributed by atoms with E-state index in [0.29, 0.717) is 30.1 Å². The van der Waals surface area contributed by atoms with E-state index in [1.165, 1.54) is 10.7 Å². The molecular weight excluding hydrogens is 416 g/mol. The molecule has 3 rings (SSSR count). The van der Waals surface area contributed by atoms with Gasteiger partial charge in [-0.25, -0.2) is 18.3 Å². The molecule has 6 nitrogen and oxygen atoms in total. The molecule has 0 aliphatic rings. The number of nitrogens with zero attached hydrogens (tertiary/aromatic N) is 2. The average Bonchev–Trinajstić information content (AvgIpc) is 3.19. The number of aromatic nitrogens is 2. The Labute approximate surface area is 186 Å². The summed E-state index contributed by atoms with van der Waals surface area (Å²) in [5, 5.41) is 6.82. The van der Waals surface area contributed by atoms with Gasteiger partial charge in [0.25, 0.3) is 6.43 Å². The van der Waals surface area contributed by atoms with Gasteiger partial charge in [-0.15, -0.1) is 0 Å². The standard InChI is InChI=1S/C24H27F2N3O3/c1-24(2,3)32-23(30)27-14-13-16-5-7-17(8-6-16)21-15-20(22(25)26)28-29(21)18-9-11-19(31-4)12-10-18/h5-12,15,22H,13-14H2,1-4H3,(H,27,30). The molecule has 8 heteroatoms. The highest BCUT2D eigenvalue weighted by molar-refractivity contribution is 5.67. The molecule has 1 aromatic heterocycles. The van der Waals surface area contributed by atoms with Crippen LogP contribution in [-0.2, 0) is 11.2 Å². The predicted molar refractivity (Wildman–Crippen MR) is 118 cm³/mol. The van der Waals surface area contributed by atoms with Crippen LogP contribution < -0.4 is 10.1 Å². The number of hydrogen-bond acceptors (Lipinski definition) is 4. The third-order valence-corrected chi connectivity index (χ3v) is 4.60. The van der Waals surface area contributed by atoms with Crippen LogP contribution in [0, 0.1) is 0 Å². The molecule has 0 saturated heterocycles. The fourth-order valence-corrected chi connectivity index (χ4v) is 3.10. The van der Waals surface area contributed by atoms with Gasteiger partial charge in [-0.1, -0.05) is 24.3 Å². The van der Waals surface area contributed by atoms with E-state index in [2.05, 4.69) is 10.4 Å². The minimum Gasteiger partial charge on any atom is -0.497 e. The van der Waals surface area contributed by atoms with Crippen molar-refractivity contribution in [3.63, 3.8) is 0 Å². The molecule has 0 fully saturated rings. The zero-order valence-corrected chi connectivity index (χ0v) is 18.6. The number of carbonyl (C=O) groups excluding carboxylic acids is 1. The van der Waals surface area contributed by atoms with Gasteiger partial charge >= 0.3 is 6.09 Å². The molecule has 0 radical (unpaired) electrons. The second kappa shape index (κ2) is 9.80. The molecule has 1 N–H and O–H groups in total. The lowest BCUT2D eigenvalue weighted by molar-refractivity contribution is 0.0528. The average molecular weight is 443 g/mol. The molecule has 0 unspecified atom stereocenters. The SMILES string of the molecule is COc1ccc(-n2nc(C(F)F)cc2-c2ccc(CCNC(=O)OC(C)(C)C)cc2)cc1. The number of benzene rings is 2. The van der Waals surface area contributed by atoms with Crippen molar-refractivity contribution < 1.29 is 23.0 Å². The third kappa shape index (κ3) is 6.06. The van der Waals surface area contributed by atoms with E-state index in [1.54, 1.807) is 52.1 Å². The minimum atomic E-state index is -2.67. The van der Waals surface area contributed by atoms with Gasteiger partial charge < -0.3 is 14.8 Å². The van der Waals surface area contributed by atoms with E-state index in [0.717, 1.165) is 11.1 Å². The summed E-state index contributed by atoms with van der Waals surface area (Å²) < 4.78 is 38.6. The molecule has 3 aromatic rings. The van der Waals surface area contributed by atoms with Crippen LogP contribution >= 0.6 is 0 Å². The van der Waals surface area contributed by atoms with E-state index in [9.17, 15) is 13.6 Å². The minimum absolute atomic E-state index is 0.290. The Morgan fingerprint density at radius 2 is 1.75 bits per heavy atom. The van der Waals surface area contributed by atoms with Crippen LogP contribution in [0.1, 0.15) is 38.5 Å². The largest absolute Gasteiger partial charge is 0.497 e. The second-order valence-electron chi connectivity index (χ2n) is 8.24. The number of halogens is 2. The highest BCUT2D eigenvalue weighted by Gasteiger charge is 2.18. The van der Waals surface area contributed by atoms with E-state index in [-0.39, 0.29) is 5.69 Å². The van der Waals surface area contributed by atoms with E-state index >= 15 is 0 Å². The fraction of sp³-hybridized carbons (Fsp3) is 0.333. The number of nitrogens with one attached hydrogen (secondary N) is 1. The van der Waals surface area contributed by atoms with E-state index in [1.807, 2.05) is 24.3 Å². The number of ether oxygens (including phenoxy) is 2. The van der Waals surface area contributed by atoms with Crippen LogP contribution in [0.4, 0.5) is 13.6 Å². The van der Waals surface area contributed by atoms with Crippen molar-refractivity contribution in [3.05, 3.63) is 65.9 Å². The Morgan fingerprint density at radius 3 is 2.31 bits per heavy atom. The quantitative estimate of drug-likeness (QED) is 0.520. The van der Waals surface area contributed by atoms with Crippen molar-refractivity contribution in [2.24, 2.45) is 0 Å². The first kappa shape index (κ1) is 23.2. The summed E-state index contributed by atoms with van der Waals surface area (Å²) in [6.45, 7) is 5.85. The highest BCUT2D eigenvalue weighted by atomic mass is 19.3. The summed E-state index contributed by atoms with van der Waals surface area (Å²) in [6.07, 6.45) is -2.52. The Kier molecular flexibility index (Phi) is 7.12. The van der Waals surface area contributed by atoms with Crippen LogP contribution in [-0.4, -0.2) is 35.1 Å². The van der Waals surface area contributed by atoms with Crippen LogP contribution in [0.2, 0.25) is 0 Å². The van der Waals surface area contributed by atoms with Gasteiger partial charge in [0.2, 0.25) is 0 Å². The van der Waals surface area contributed by atoms with E-state index in [4.69, 9.17) is 9.47 Å². The topological polar surface area (TPSA) is 65.4 Å². The maximum absolute atomic E-state index is 13.3. The number of hydrogen-bond donors (Lipinski definition) is 1. The van der Waals surface area contributed by atoms with Crippen molar-refractivity contribution in [1.82, 2.24) is 15.1 Å². The lowest BCUT2D eigenvalue weighted by atomic mass is 10.1. The first-order chi connectivity index (χ1) is 15.2. The first-order valence-electron chi connectivity index (χ1n) is 10.2. The van der Waals surface area contributed by atoms with Gasteiger partial charge in [0.05, 0.1) is 18.5 Å². The molecule has 2 aromatic carbocycles. The summed E-state index contributed by atoms with van der Waals surface area (Å²) in [4.78, 5) is 11.7. The van der Waals surface area contributed by atoms with Gasteiger partial charge in [0.15, 0.2) is 0 Å². The van der Waals surface area contributed by atoms with Gasteiger partial charge in [-0.05, 0) is 63.1 Å². The Bertz CT molecular complexity index is 1040. The van der Waals surface area contributed by atoms with Crippen LogP contribution in [0.5, 0.6) is 5.75 Å². The molecule has 0 saturated carbocycles. The van der Waals surface area contributed by atoms with Crippen molar-refractivity contribution >= 4 is 6.09 Å².